The monoisotopic (exact) mass is 570 g/mol. The van der Waals surface area contributed by atoms with Crippen LogP contribution in [0.4, 0.5) is 0 Å². The third-order valence-corrected chi connectivity index (χ3v) is 7.19. The van der Waals surface area contributed by atoms with E-state index in [1.807, 2.05) is 0 Å². The summed E-state index contributed by atoms with van der Waals surface area (Å²) in [5.74, 6) is -1.99. The van der Waals surface area contributed by atoms with Crippen LogP contribution < -0.4 is 66.1 Å². The molecule has 0 aliphatic carbocycles. The van der Waals surface area contributed by atoms with Crippen LogP contribution >= 0.6 is 45.9 Å². The van der Waals surface area contributed by atoms with Gasteiger partial charge in [0.2, 0.25) is 0 Å². The average Bonchev–Trinajstić information content (AvgIpc) is 3.34. The average molecular weight is 572 g/mol. The van der Waals surface area contributed by atoms with Crippen LogP contribution in [0.5, 0.6) is 5.75 Å². The maximum atomic E-state index is 12.3. The molecule has 0 aliphatic heterocycles. The number of amides is 1. The summed E-state index contributed by atoms with van der Waals surface area (Å²) < 4.78 is 28.9. The number of rotatable bonds is 7. The molecule has 2 heterocycles. The van der Waals surface area contributed by atoms with Gasteiger partial charge in [-0.2, -0.15) is 13.5 Å². The topological polar surface area (TPSA) is 125 Å². The first-order valence-corrected chi connectivity index (χ1v) is 12.9. The number of benzene rings is 1. The minimum Gasteiger partial charge on any atom is -0.544 e. The zero-order valence-corrected chi connectivity index (χ0v) is 24.4. The predicted molar refractivity (Wildman–Crippen MR) is 124 cm³/mol. The second-order valence-electron chi connectivity index (χ2n) is 6.31. The summed E-state index contributed by atoms with van der Waals surface area (Å²) >= 11 is 14.0. The second kappa shape index (κ2) is 11.8. The molecule has 0 atom stereocenters. The quantitative estimate of drug-likeness (QED) is 0.192. The summed E-state index contributed by atoms with van der Waals surface area (Å²) in [6.45, 7) is 1.55. The van der Waals surface area contributed by atoms with Crippen LogP contribution in [0.3, 0.4) is 0 Å². The Morgan fingerprint density at radius 1 is 1.12 bits per heavy atom. The Hall–Kier alpha value is -0.804. The van der Waals surface area contributed by atoms with Crippen LogP contribution in [0.15, 0.2) is 40.8 Å². The molecule has 1 N–H and O–H groups in total. The van der Waals surface area contributed by atoms with E-state index in [0.29, 0.717) is 21.0 Å². The van der Waals surface area contributed by atoms with Crippen molar-refractivity contribution in [1.29, 1.82) is 0 Å². The molecule has 33 heavy (non-hydrogen) atoms. The molecule has 0 aliphatic rings. The van der Waals surface area contributed by atoms with E-state index in [2.05, 4.69) is 10.5 Å². The van der Waals surface area contributed by atoms with E-state index < -0.39 is 22.0 Å². The summed E-state index contributed by atoms with van der Waals surface area (Å²) in [7, 11) is -3.89. The molecule has 0 fully saturated rings. The summed E-state index contributed by atoms with van der Waals surface area (Å²) in [5.41, 5.74) is 3.49. The van der Waals surface area contributed by atoms with Crippen LogP contribution in [0.25, 0.3) is 10.4 Å². The Labute approximate surface area is 250 Å². The number of carbonyl (C=O) groups excluding carboxylic acids is 2. The normalized spacial score (nSPS) is 11.6. The van der Waals surface area contributed by atoms with Gasteiger partial charge in [0, 0.05) is 5.38 Å². The molecule has 2 aromatic heterocycles. The van der Waals surface area contributed by atoms with Crippen molar-refractivity contribution in [2.45, 2.75) is 6.92 Å². The van der Waals surface area contributed by atoms with E-state index in [9.17, 15) is 23.1 Å². The third-order valence-electron chi connectivity index (χ3n) is 3.91. The van der Waals surface area contributed by atoms with Gasteiger partial charge in [0.25, 0.3) is 5.91 Å². The van der Waals surface area contributed by atoms with Crippen molar-refractivity contribution in [2.75, 3.05) is 6.26 Å². The van der Waals surface area contributed by atoms with Gasteiger partial charge in [-0.3, -0.25) is 4.79 Å². The number of nitrogens with one attached hydrogen (secondary N) is 1. The molecule has 0 saturated carbocycles. The van der Waals surface area contributed by atoms with Gasteiger partial charge in [0.05, 0.1) is 48.2 Å². The molecule has 3 rings (SSSR count). The molecule has 0 bridgehead atoms. The maximum Gasteiger partial charge on any atom is 1.00 e. The Morgan fingerprint density at radius 2 is 1.79 bits per heavy atom. The van der Waals surface area contributed by atoms with E-state index in [4.69, 9.17) is 27.4 Å². The summed E-state index contributed by atoms with van der Waals surface area (Å²) in [4.78, 5) is 23.6. The van der Waals surface area contributed by atoms with E-state index >= 15 is 0 Å². The van der Waals surface area contributed by atoms with Gasteiger partial charge in [-0.05, 0) is 36.8 Å². The number of carboxylic acid groups (broad SMARTS) is 1. The zero-order valence-electron chi connectivity index (χ0n) is 17.3. The van der Waals surface area contributed by atoms with Crippen LogP contribution in [-0.2, 0) is 10.1 Å². The molecule has 14 heteroatoms. The Balaban J connectivity index is 0.00000385. The van der Waals surface area contributed by atoms with Crippen molar-refractivity contribution in [3.05, 3.63) is 61.1 Å². The number of hydrogen-bond donors (Lipinski definition) is 1. The molecule has 168 valence electrons. The van der Waals surface area contributed by atoms with Crippen LogP contribution in [0.2, 0.25) is 10.0 Å². The van der Waals surface area contributed by atoms with Gasteiger partial charge < -0.3 is 14.1 Å². The fourth-order valence-electron chi connectivity index (χ4n) is 2.49. The number of carboxylic acids is 1. The van der Waals surface area contributed by atoms with Crippen molar-refractivity contribution < 1.29 is 78.7 Å². The molecule has 8 nitrogen and oxygen atoms in total. The molecular formula is C19H13Cl2KN2O6S3. The first-order chi connectivity index (χ1) is 15.0. The largest absolute Gasteiger partial charge is 1.00 e. The van der Waals surface area contributed by atoms with Crippen LogP contribution in [0.1, 0.15) is 31.8 Å². The van der Waals surface area contributed by atoms with Crippen molar-refractivity contribution >= 4 is 73.6 Å². The van der Waals surface area contributed by atoms with Gasteiger partial charge in [-0.15, -0.1) is 22.7 Å². The zero-order chi connectivity index (χ0) is 23.6. The van der Waals surface area contributed by atoms with Gasteiger partial charge >= 0.3 is 61.5 Å². The summed E-state index contributed by atoms with van der Waals surface area (Å²) in [6, 6.07) is 7.41. The number of carbonyl (C=O) groups is 2. The summed E-state index contributed by atoms with van der Waals surface area (Å²) in [6.07, 6.45) is 0.910. The van der Waals surface area contributed by atoms with Gasteiger partial charge in [0.1, 0.15) is 0 Å². The molecule has 0 spiro atoms. The van der Waals surface area contributed by atoms with Crippen molar-refractivity contribution in [1.82, 2.24) is 5.43 Å². The maximum absolute atomic E-state index is 12.3. The van der Waals surface area contributed by atoms with Crippen molar-refractivity contribution in [3.63, 3.8) is 0 Å². The van der Waals surface area contributed by atoms with Crippen molar-refractivity contribution in [2.24, 2.45) is 5.10 Å². The number of hydrazone groups is 1. The predicted octanol–water partition coefficient (Wildman–Crippen LogP) is 0.643. The van der Waals surface area contributed by atoms with E-state index in [1.54, 1.807) is 30.5 Å². The first-order valence-electron chi connectivity index (χ1n) is 8.59. The third kappa shape index (κ3) is 7.34. The molecule has 3 aromatic rings. The molecule has 1 aromatic carbocycles. The first kappa shape index (κ1) is 28.4. The van der Waals surface area contributed by atoms with Gasteiger partial charge in [-0.25, -0.2) is 5.43 Å². The molecular weight excluding hydrogens is 558 g/mol. The number of thiophene rings is 2. The molecule has 0 radical (unpaired) electrons. The van der Waals surface area contributed by atoms with E-state index in [0.717, 1.165) is 17.6 Å². The summed E-state index contributed by atoms with van der Waals surface area (Å²) in [5, 5.41) is 17.1. The minimum absolute atomic E-state index is 0. The number of nitrogens with zero attached hydrogens (tertiary/aromatic N) is 1. The number of halogens is 2. The molecule has 1 amide bonds. The van der Waals surface area contributed by atoms with Gasteiger partial charge in [0.15, 0.2) is 5.75 Å². The molecule has 0 saturated heterocycles. The Kier molecular flexibility index (Phi) is 10.1. The Bertz CT molecular complexity index is 1350. The number of hydrogen-bond acceptors (Lipinski definition) is 9. The SMILES string of the molecule is CC(=NNC(=O)c1ccc(C(=O)[O-])s1)c1csc(-c2ccc(Cl)c(Cl)c2)c1OS(C)(=O)=O.[K+]. The fraction of sp³-hybridized carbons (Fsp3) is 0.105. The number of aromatic carboxylic acids is 1. The molecule has 0 unspecified atom stereocenters. The van der Waals surface area contributed by atoms with E-state index in [1.165, 1.54) is 23.5 Å². The fourth-order valence-corrected chi connectivity index (χ4v) is 5.08. The smallest absolute Gasteiger partial charge is 0.544 e. The second-order valence-corrected chi connectivity index (χ2v) is 10.7. The Morgan fingerprint density at radius 3 is 2.36 bits per heavy atom. The van der Waals surface area contributed by atoms with E-state index in [-0.39, 0.29) is 77.6 Å². The minimum atomic E-state index is -3.89. The van der Waals surface area contributed by atoms with Crippen molar-refractivity contribution in [3.8, 4) is 16.2 Å². The van der Waals surface area contributed by atoms with Crippen LogP contribution in [-0.4, -0.2) is 32.3 Å². The van der Waals surface area contributed by atoms with Gasteiger partial charge in [-0.1, -0.05) is 29.3 Å². The standard InChI is InChI=1S/C19H14Cl2N2O6S3.K/c1-9(22-23-18(24)14-5-6-15(31-14)19(25)26)11-8-30-17(16(11)29-32(2,27)28)10-3-4-12(20)13(21)7-10;/h3-8H,1-2H3,(H,23,24)(H,25,26);/q;+1/p-1. The van der Waals surface area contributed by atoms with Crippen LogP contribution in [0, 0.1) is 0 Å².